The number of sulfone groups is 1. The molecule has 2 aromatic carbocycles. The molecule has 0 bridgehead atoms. The standard InChI is InChI=1S/C20H21NO6S/c1-28(24,25)17-9-5-8-16(14-17)20(23)27-18(15-6-3-2-4-7-15)19(22)21-10-12-26-13-11-21/h2-9,14,18H,10-13H2,1H3/t18-/m1/s1. The third-order valence-corrected chi connectivity index (χ3v) is 5.48. The zero-order chi connectivity index (χ0) is 20.1. The molecule has 1 heterocycles. The molecule has 0 saturated carbocycles. The van der Waals surface area contributed by atoms with E-state index in [1.165, 1.54) is 24.3 Å². The predicted molar refractivity (Wildman–Crippen MR) is 102 cm³/mol. The summed E-state index contributed by atoms with van der Waals surface area (Å²) in [7, 11) is -3.47. The van der Waals surface area contributed by atoms with E-state index < -0.39 is 21.9 Å². The van der Waals surface area contributed by atoms with Gasteiger partial charge in [-0.05, 0) is 18.2 Å². The second-order valence-corrected chi connectivity index (χ2v) is 8.45. The fraction of sp³-hybridized carbons (Fsp3) is 0.300. The number of carbonyl (C=O) groups excluding carboxylic acids is 2. The van der Waals surface area contributed by atoms with Gasteiger partial charge >= 0.3 is 5.97 Å². The van der Waals surface area contributed by atoms with Crippen molar-refractivity contribution in [3.63, 3.8) is 0 Å². The molecule has 1 saturated heterocycles. The van der Waals surface area contributed by atoms with Crippen LogP contribution in [0.4, 0.5) is 0 Å². The molecule has 0 N–H and O–H groups in total. The van der Waals surface area contributed by atoms with Crippen LogP contribution in [-0.4, -0.2) is 57.8 Å². The fourth-order valence-electron chi connectivity index (χ4n) is 2.87. The van der Waals surface area contributed by atoms with Gasteiger partial charge in [0, 0.05) is 24.9 Å². The maximum Gasteiger partial charge on any atom is 0.339 e. The van der Waals surface area contributed by atoms with E-state index in [2.05, 4.69) is 0 Å². The molecule has 1 fully saturated rings. The number of carbonyl (C=O) groups is 2. The van der Waals surface area contributed by atoms with Crippen LogP contribution < -0.4 is 0 Å². The Balaban J connectivity index is 1.87. The molecule has 1 aliphatic heterocycles. The summed E-state index contributed by atoms with van der Waals surface area (Å²) >= 11 is 0. The average molecular weight is 403 g/mol. The number of hydrogen-bond acceptors (Lipinski definition) is 6. The molecule has 28 heavy (non-hydrogen) atoms. The summed E-state index contributed by atoms with van der Waals surface area (Å²) < 4.78 is 34.3. The largest absolute Gasteiger partial charge is 0.444 e. The van der Waals surface area contributed by atoms with Crippen LogP contribution >= 0.6 is 0 Å². The van der Waals surface area contributed by atoms with Crippen LogP contribution in [0.15, 0.2) is 59.5 Å². The summed E-state index contributed by atoms with van der Waals surface area (Å²) in [5.74, 6) is -1.09. The topological polar surface area (TPSA) is 90.0 Å². The quantitative estimate of drug-likeness (QED) is 0.708. The lowest BCUT2D eigenvalue weighted by atomic mass is 10.1. The number of hydrogen-bond donors (Lipinski definition) is 0. The smallest absolute Gasteiger partial charge is 0.339 e. The van der Waals surface area contributed by atoms with Gasteiger partial charge in [0.05, 0.1) is 23.7 Å². The molecule has 0 spiro atoms. The molecule has 0 aromatic heterocycles. The fourth-order valence-corrected chi connectivity index (χ4v) is 3.53. The van der Waals surface area contributed by atoms with Gasteiger partial charge in [-0.2, -0.15) is 0 Å². The first-order valence-electron chi connectivity index (χ1n) is 8.79. The zero-order valence-electron chi connectivity index (χ0n) is 15.4. The van der Waals surface area contributed by atoms with Gasteiger partial charge < -0.3 is 14.4 Å². The van der Waals surface area contributed by atoms with Crippen molar-refractivity contribution in [1.29, 1.82) is 0 Å². The van der Waals surface area contributed by atoms with Gasteiger partial charge in [0.2, 0.25) is 6.10 Å². The minimum atomic E-state index is -3.47. The van der Waals surface area contributed by atoms with E-state index >= 15 is 0 Å². The highest BCUT2D eigenvalue weighted by Gasteiger charge is 2.31. The first-order valence-corrected chi connectivity index (χ1v) is 10.7. The maximum atomic E-state index is 13.0. The van der Waals surface area contributed by atoms with E-state index in [0.717, 1.165) is 6.26 Å². The van der Waals surface area contributed by atoms with Crippen LogP contribution in [0.25, 0.3) is 0 Å². The highest BCUT2D eigenvalue weighted by molar-refractivity contribution is 7.90. The summed E-state index contributed by atoms with van der Waals surface area (Å²) in [6.07, 6.45) is -0.0553. The van der Waals surface area contributed by atoms with Gasteiger partial charge in [-0.3, -0.25) is 4.79 Å². The normalized spacial score (nSPS) is 15.7. The van der Waals surface area contributed by atoms with Gasteiger partial charge in [0.1, 0.15) is 0 Å². The van der Waals surface area contributed by atoms with Crippen LogP contribution in [0.5, 0.6) is 0 Å². The lowest BCUT2D eigenvalue weighted by molar-refractivity contribution is -0.145. The third kappa shape index (κ3) is 4.76. The second-order valence-electron chi connectivity index (χ2n) is 6.43. The summed E-state index contributed by atoms with van der Waals surface area (Å²) in [6, 6.07) is 14.3. The van der Waals surface area contributed by atoms with Gasteiger partial charge in [-0.1, -0.05) is 36.4 Å². The maximum absolute atomic E-state index is 13.0. The lowest BCUT2D eigenvalue weighted by Crippen LogP contribution is -2.44. The Hall–Kier alpha value is -2.71. The molecule has 2 aromatic rings. The van der Waals surface area contributed by atoms with Crippen molar-refractivity contribution in [1.82, 2.24) is 4.90 Å². The van der Waals surface area contributed by atoms with Gasteiger partial charge in [0.15, 0.2) is 9.84 Å². The third-order valence-electron chi connectivity index (χ3n) is 4.37. The van der Waals surface area contributed by atoms with Gasteiger partial charge in [-0.15, -0.1) is 0 Å². The monoisotopic (exact) mass is 403 g/mol. The van der Waals surface area contributed by atoms with Crippen molar-refractivity contribution in [2.24, 2.45) is 0 Å². The molecule has 0 radical (unpaired) electrons. The molecular weight excluding hydrogens is 382 g/mol. The van der Waals surface area contributed by atoms with E-state index in [1.54, 1.807) is 35.2 Å². The Morgan fingerprint density at radius 2 is 1.71 bits per heavy atom. The highest BCUT2D eigenvalue weighted by atomic mass is 32.2. The Morgan fingerprint density at radius 3 is 2.36 bits per heavy atom. The van der Waals surface area contributed by atoms with E-state index in [9.17, 15) is 18.0 Å². The Bertz CT molecular complexity index is 952. The molecule has 1 aliphatic rings. The molecule has 7 nitrogen and oxygen atoms in total. The van der Waals surface area contributed by atoms with E-state index in [4.69, 9.17) is 9.47 Å². The van der Waals surface area contributed by atoms with Crippen LogP contribution in [-0.2, 0) is 24.1 Å². The number of ether oxygens (including phenoxy) is 2. The van der Waals surface area contributed by atoms with Crippen molar-refractivity contribution in [3.8, 4) is 0 Å². The minimum absolute atomic E-state index is 0.0118. The molecule has 1 atom stereocenters. The second kappa shape index (κ2) is 8.53. The Labute approximate surface area is 163 Å². The van der Waals surface area contributed by atoms with Crippen LogP contribution in [0.3, 0.4) is 0 Å². The Morgan fingerprint density at radius 1 is 1.04 bits per heavy atom. The van der Waals surface area contributed by atoms with E-state index in [1.807, 2.05) is 0 Å². The highest BCUT2D eigenvalue weighted by Crippen LogP contribution is 2.23. The molecular formula is C20H21NO6S. The molecule has 8 heteroatoms. The molecule has 3 rings (SSSR count). The molecule has 148 valence electrons. The first kappa shape index (κ1) is 20.0. The van der Waals surface area contributed by atoms with E-state index in [-0.39, 0.29) is 16.4 Å². The zero-order valence-corrected chi connectivity index (χ0v) is 16.2. The first-order chi connectivity index (χ1) is 13.4. The lowest BCUT2D eigenvalue weighted by Gasteiger charge is -2.30. The summed E-state index contributed by atoms with van der Waals surface area (Å²) in [5.41, 5.74) is 0.616. The number of amides is 1. The van der Waals surface area contributed by atoms with Crippen molar-refractivity contribution < 1.29 is 27.5 Å². The average Bonchev–Trinajstić information content (AvgIpc) is 2.72. The minimum Gasteiger partial charge on any atom is -0.444 e. The van der Waals surface area contributed by atoms with E-state index in [0.29, 0.717) is 31.9 Å². The number of benzene rings is 2. The van der Waals surface area contributed by atoms with Crippen molar-refractivity contribution in [2.45, 2.75) is 11.0 Å². The molecule has 0 unspecified atom stereocenters. The van der Waals surface area contributed by atoms with Crippen molar-refractivity contribution in [2.75, 3.05) is 32.6 Å². The number of nitrogens with zero attached hydrogens (tertiary/aromatic N) is 1. The number of morpholine rings is 1. The van der Waals surface area contributed by atoms with Gasteiger partial charge in [0.25, 0.3) is 5.91 Å². The van der Waals surface area contributed by atoms with Gasteiger partial charge in [-0.25, -0.2) is 13.2 Å². The Kier molecular flexibility index (Phi) is 6.11. The van der Waals surface area contributed by atoms with Crippen molar-refractivity contribution >= 4 is 21.7 Å². The van der Waals surface area contributed by atoms with Crippen molar-refractivity contribution in [3.05, 3.63) is 65.7 Å². The summed E-state index contributed by atoms with van der Waals surface area (Å²) in [5, 5.41) is 0. The SMILES string of the molecule is CS(=O)(=O)c1cccc(C(=O)O[C@@H](C(=O)N2CCOCC2)c2ccccc2)c1. The summed E-state index contributed by atoms with van der Waals surface area (Å²) in [4.78, 5) is 27.3. The molecule has 0 aliphatic carbocycles. The van der Waals surface area contributed by atoms with Crippen LogP contribution in [0.2, 0.25) is 0 Å². The number of rotatable bonds is 5. The predicted octanol–water partition coefficient (Wildman–Crippen LogP) is 1.85. The van der Waals surface area contributed by atoms with Crippen LogP contribution in [0, 0.1) is 0 Å². The van der Waals surface area contributed by atoms with Crippen LogP contribution in [0.1, 0.15) is 22.0 Å². The summed E-state index contributed by atoms with van der Waals surface area (Å²) in [6.45, 7) is 1.70. The molecule has 1 amide bonds. The number of esters is 1.